The van der Waals surface area contributed by atoms with Crippen LogP contribution >= 0.6 is 15.9 Å². The van der Waals surface area contributed by atoms with Gasteiger partial charge in [-0.1, -0.05) is 52.3 Å². The normalized spacial score (nSPS) is 10.9. The van der Waals surface area contributed by atoms with Crippen LogP contribution in [0.2, 0.25) is 0 Å². The molecule has 0 aliphatic heterocycles. The maximum absolute atomic E-state index is 4.72. The Hall–Kier alpha value is -2.44. The molecule has 0 spiro atoms. The topological polar surface area (TPSA) is 53.1 Å². The van der Waals surface area contributed by atoms with Crippen LogP contribution in [0, 0.1) is 6.92 Å². The molecular formula is C22H26BrN5. The Labute approximate surface area is 175 Å². The molecule has 0 unspecified atom stereocenters. The summed E-state index contributed by atoms with van der Waals surface area (Å²) >= 11 is 3.59. The Morgan fingerprint density at radius 3 is 2.54 bits per heavy atom. The predicted molar refractivity (Wildman–Crippen MR) is 121 cm³/mol. The molecule has 0 aliphatic rings. The summed E-state index contributed by atoms with van der Waals surface area (Å²) in [7, 11) is 4.16. The van der Waals surface area contributed by atoms with E-state index in [1.807, 2.05) is 36.4 Å². The molecule has 1 heterocycles. The minimum absolute atomic E-state index is 0.634. The van der Waals surface area contributed by atoms with Gasteiger partial charge < -0.3 is 15.5 Å². The maximum atomic E-state index is 4.72. The summed E-state index contributed by atoms with van der Waals surface area (Å²) in [4.78, 5) is 11.6. The first-order chi connectivity index (χ1) is 13.5. The van der Waals surface area contributed by atoms with Gasteiger partial charge in [-0.05, 0) is 51.7 Å². The second kappa shape index (κ2) is 9.66. The van der Waals surface area contributed by atoms with Crippen molar-refractivity contribution in [2.75, 3.05) is 37.8 Å². The van der Waals surface area contributed by atoms with Gasteiger partial charge in [-0.15, -0.1) is 0 Å². The van der Waals surface area contributed by atoms with E-state index in [1.165, 1.54) is 0 Å². The SMILES string of the molecule is Cc1c(Br)cccc1Nc1cc(-c2ccccc2)nc(NCCCN(C)C)n1. The van der Waals surface area contributed by atoms with Crippen LogP contribution in [0.15, 0.2) is 59.1 Å². The third-order valence-corrected chi connectivity index (χ3v) is 5.25. The van der Waals surface area contributed by atoms with Crippen molar-refractivity contribution in [2.24, 2.45) is 0 Å². The van der Waals surface area contributed by atoms with Gasteiger partial charge in [0.15, 0.2) is 0 Å². The summed E-state index contributed by atoms with van der Waals surface area (Å²) in [6, 6.07) is 18.3. The number of anilines is 3. The number of aromatic nitrogens is 2. The van der Waals surface area contributed by atoms with Crippen molar-refractivity contribution in [2.45, 2.75) is 13.3 Å². The number of nitrogens with zero attached hydrogens (tertiary/aromatic N) is 3. The van der Waals surface area contributed by atoms with Crippen molar-refractivity contribution in [1.29, 1.82) is 0 Å². The van der Waals surface area contributed by atoms with Gasteiger partial charge in [-0.25, -0.2) is 4.98 Å². The van der Waals surface area contributed by atoms with Crippen LogP contribution in [-0.2, 0) is 0 Å². The average Bonchev–Trinajstić information content (AvgIpc) is 2.69. The zero-order valence-electron chi connectivity index (χ0n) is 16.5. The minimum atomic E-state index is 0.634. The number of hydrogen-bond acceptors (Lipinski definition) is 5. The second-order valence-corrected chi connectivity index (χ2v) is 7.80. The molecule has 0 amide bonds. The lowest BCUT2D eigenvalue weighted by Gasteiger charge is -2.14. The van der Waals surface area contributed by atoms with Gasteiger partial charge in [0.05, 0.1) is 5.69 Å². The number of halogens is 1. The molecule has 0 atom stereocenters. The largest absolute Gasteiger partial charge is 0.354 e. The molecular weight excluding hydrogens is 414 g/mol. The van der Waals surface area contributed by atoms with Crippen molar-refractivity contribution in [3.63, 3.8) is 0 Å². The Balaban J connectivity index is 1.87. The van der Waals surface area contributed by atoms with Gasteiger partial charge in [-0.2, -0.15) is 4.98 Å². The van der Waals surface area contributed by atoms with Crippen LogP contribution < -0.4 is 10.6 Å². The molecule has 0 saturated heterocycles. The van der Waals surface area contributed by atoms with Gasteiger partial charge in [0.25, 0.3) is 0 Å². The van der Waals surface area contributed by atoms with Crippen LogP contribution in [0.25, 0.3) is 11.3 Å². The molecule has 6 heteroatoms. The molecule has 146 valence electrons. The van der Waals surface area contributed by atoms with Gasteiger partial charge >= 0.3 is 0 Å². The fraction of sp³-hybridized carbons (Fsp3) is 0.273. The minimum Gasteiger partial charge on any atom is -0.354 e. The number of benzene rings is 2. The highest BCUT2D eigenvalue weighted by Gasteiger charge is 2.09. The molecule has 3 aromatic rings. The average molecular weight is 440 g/mol. The summed E-state index contributed by atoms with van der Waals surface area (Å²) < 4.78 is 1.07. The third kappa shape index (κ3) is 5.53. The van der Waals surface area contributed by atoms with E-state index < -0.39 is 0 Å². The second-order valence-electron chi connectivity index (χ2n) is 6.95. The van der Waals surface area contributed by atoms with E-state index in [-0.39, 0.29) is 0 Å². The first-order valence-corrected chi connectivity index (χ1v) is 10.2. The van der Waals surface area contributed by atoms with Crippen molar-refractivity contribution in [1.82, 2.24) is 14.9 Å². The fourth-order valence-electron chi connectivity index (χ4n) is 2.82. The number of nitrogens with one attached hydrogen (secondary N) is 2. The Morgan fingerprint density at radius 2 is 1.79 bits per heavy atom. The van der Waals surface area contributed by atoms with Crippen LogP contribution in [0.3, 0.4) is 0 Å². The van der Waals surface area contributed by atoms with Gasteiger partial charge in [-0.3, -0.25) is 0 Å². The number of rotatable bonds is 8. The maximum Gasteiger partial charge on any atom is 0.225 e. The van der Waals surface area contributed by atoms with E-state index in [0.717, 1.165) is 52.3 Å². The summed E-state index contributed by atoms with van der Waals surface area (Å²) in [6.07, 6.45) is 1.03. The van der Waals surface area contributed by atoms with Crippen molar-refractivity contribution >= 4 is 33.4 Å². The monoisotopic (exact) mass is 439 g/mol. The first kappa shape index (κ1) is 20.3. The molecule has 0 radical (unpaired) electrons. The van der Waals surface area contributed by atoms with Gasteiger partial charge in [0.2, 0.25) is 5.95 Å². The molecule has 2 N–H and O–H groups in total. The Bertz CT molecular complexity index is 912. The van der Waals surface area contributed by atoms with E-state index in [9.17, 15) is 0 Å². The Kier molecular flexibility index (Phi) is 7.01. The number of hydrogen-bond donors (Lipinski definition) is 2. The van der Waals surface area contributed by atoms with Crippen LogP contribution in [0.4, 0.5) is 17.5 Å². The van der Waals surface area contributed by atoms with Gasteiger partial charge in [0.1, 0.15) is 5.82 Å². The zero-order chi connectivity index (χ0) is 19.9. The molecule has 2 aromatic carbocycles. The molecule has 5 nitrogen and oxygen atoms in total. The predicted octanol–water partition coefficient (Wildman–Crippen LogP) is 5.32. The molecule has 0 saturated carbocycles. The lowest BCUT2D eigenvalue weighted by atomic mass is 10.1. The summed E-state index contributed by atoms with van der Waals surface area (Å²) in [5.74, 6) is 1.40. The molecule has 0 aliphatic carbocycles. The third-order valence-electron chi connectivity index (χ3n) is 4.39. The van der Waals surface area contributed by atoms with Crippen LogP contribution in [-0.4, -0.2) is 42.1 Å². The molecule has 3 rings (SSSR count). The quantitative estimate of drug-likeness (QED) is 0.465. The smallest absolute Gasteiger partial charge is 0.225 e. The summed E-state index contributed by atoms with van der Waals surface area (Å²) in [6.45, 7) is 3.92. The van der Waals surface area contributed by atoms with E-state index in [4.69, 9.17) is 4.98 Å². The molecule has 1 aromatic heterocycles. The van der Waals surface area contributed by atoms with Gasteiger partial charge in [0, 0.05) is 28.3 Å². The highest BCUT2D eigenvalue weighted by molar-refractivity contribution is 9.10. The summed E-state index contributed by atoms with van der Waals surface area (Å²) in [5, 5.41) is 6.81. The summed E-state index contributed by atoms with van der Waals surface area (Å²) in [5.41, 5.74) is 4.12. The lowest BCUT2D eigenvalue weighted by molar-refractivity contribution is 0.405. The zero-order valence-corrected chi connectivity index (χ0v) is 18.1. The molecule has 28 heavy (non-hydrogen) atoms. The fourth-order valence-corrected chi connectivity index (χ4v) is 3.19. The van der Waals surface area contributed by atoms with Crippen molar-refractivity contribution in [3.05, 3.63) is 64.6 Å². The van der Waals surface area contributed by atoms with Crippen molar-refractivity contribution < 1.29 is 0 Å². The van der Waals surface area contributed by atoms with E-state index >= 15 is 0 Å². The highest BCUT2D eigenvalue weighted by Crippen LogP contribution is 2.28. The lowest BCUT2D eigenvalue weighted by Crippen LogP contribution is -2.17. The van der Waals surface area contributed by atoms with E-state index in [2.05, 4.69) is 75.7 Å². The van der Waals surface area contributed by atoms with E-state index in [1.54, 1.807) is 0 Å². The van der Waals surface area contributed by atoms with Crippen molar-refractivity contribution in [3.8, 4) is 11.3 Å². The molecule has 0 bridgehead atoms. The van der Waals surface area contributed by atoms with Crippen LogP contribution in [0.5, 0.6) is 0 Å². The standard InChI is InChI=1S/C22H26BrN5/c1-16-18(23)11-7-12-19(16)25-21-15-20(17-9-5-4-6-10-17)26-22(27-21)24-13-8-14-28(2)3/h4-7,9-12,15H,8,13-14H2,1-3H3,(H2,24,25,26,27). The molecule has 0 fully saturated rings. The first-order valence-electron chi connectivity index (χ1n) is 9.38. The van der Waals surface area contributed by atoms with E-state index in [0.29, 0.717) is 5.95 Å². The van der Waals surface area contributed by atoms with Crippen LogP contribution in [0.1, 0.15) is 12.0 Å². The Morgan fingerprint density at radius 1 is 1.00 bits per heavy atom. The highest BCUT2D eigenvalue weighted by atomic mass is 79.9.